The zero-order chi connectivity index (χ0) is 15.2. The third kappa shape index (κ3) is 4.71. The van der Waals surface area contributed by atoms with Gasteiger partial charge in [0.15, 0.2) is 6.29 Å². The van der Waals surface area contributed by atoms with Crippen LogP contribution in [-0.4, -0.2) is 19.0 Å². The maximum absolute atomic E-state index is 6.19. The van der Waals surface area contributed by atoms with Gasteiger partial charge < -0.3 is 9.47 Å². The third-order valence-corrected chi connectivity index (χ3v) is 6.46. The zero-order valence-corrected chi connectivity index (χ0v) is 14.6. The van der Waals surface area contributed by atoms with Gasteiger partial charge in [0.1, 0.15) is 0 Å². The van der Waals surface area contributed by atoms with Gasteiger partial charge in [0.05, 0.1) is 6.10 Å². The predicted molar refractivity (Wildman–Crippen MR) is 90.8 cm³/mol. The smallest absolute Gasteiger partial charge is 0.157 e. The van der Waals surface area contributed by atoms with Crippen LogP contribution in [0.3, 0.4) is 0 Å². The van der Waals surface area contributed by atoms with Crippen LogP contribution in [-0.2, 0) is 9.47 Å². The van der Waals surface area contributed by atoms with Gasteiger partial charge in [-0.05, 0) is 75.5 Å². The highest BCUT2D eigenvalue weighted by Crippen LogP contribution is 2.41. The van der Waals surface area contributed by atoms with Crippen molar-refractivity contribution in [2.75, 3.05) is 6.61 Å². The fraction of sp³-hybridized carbons (Fsp3) is 1.00. The van der Waals surface area contributed by atoms with Gasteiger partial charge in [-0.15, -0.1) is 0 Å². The molecule has 1 unspecified atom stereocenters. The molecule has 1 atom stereocenters. The third-order valence-electron chi connectivity index (χ3n) is 6.46. The summed E-state index contributed by atoms with van der Waals surface area (Å²) in [5, 5.41) is 0. The van der Waals surface area contributed by atoms with Crippen molar-refractivity contribution in [3.8, 4) is 0 Å². The van der Waals surface area contributed by atoms with Crippen LogP contribution in [0.1, 0.15) is 90.4 Å². The molecule has 0 bridgehead atoms. The fourth-order valence-corrected chi connectivity index (χ4v) is 5.09. The molecule has 3 rings (SSSR count). The van der Waals surface area contributed by atoms with Gasteiger partial charge >= 0.3 is 0 Å². The maximum atomic E-state index is 6.19. The van der Waals surface area contributed by atoms with E-state index in [2.05, 4.69) is 6.92 Å². The van der Waals surface area contributed by atoms with Gasteiger partial charge in [-0.2, -0.15) is 0 Å². The summed E-state index contributed by atoms with van der Waals surface area (Å²) >= 11 is 0. The molecule has 0 radical (unpaired) electrons. The van der Waals surface area contributed by atoms with Gasteiger partial charge in [0, 0.05) is 6.61 Å². The molecule has 2 nitrogen and oxygen atoms in total. The second-order valence-electron chi connectivity index (χ2n) is 8.04. The summed E-state index contributed by atoms with van der Waals surface area (Å²) in [6, 6.07) is 0. The summed E-state index contributed by atoms with van der Waals surface area (Å²) in [5.41, 5.74) is 0. The monoisotopic (exact) mass is 308 g/mol. The first kappa shape index (κ1) is 16.8. The van der Waals surface area contributed by atoms with E-state index >= 15 is 0 Å². The Labute approximate surface area is 137 Å². The van der Waals surface area contributed by atoms with Crippen LogP contribution in [0.15, 0.2) is 0 Å². The first-order valence-corrected chi connectivity index (χ1v) is 10.1. The van der Waals surface area contributed by atoms with Crippen molar-refractivity contribution in [2.45, 2.75) is 103 Å². The minimum Gasteiger partial charge on any atom is -0.353 e. The predicted octanol–water partition coefficient (Wildman–Crippen LogP) is 5.69. The van der Waals surface area contributed by atoms with Gasteiger partial charge in [0.2, 0.25) is 0 Å². The Morgan fingerprint density at radius 2 is 1.50 bits per heavy atom. The highest BCUT2D eigenvalue weighted by Gasteiger charge is 2.32. The SMILES string of the molecule is CCCC1CCC(C2CCC(OC3CCCCO3)CC2)CC1. The molecule has 0 amide bonds. The van der Waals surface area contributed by atoms with Crippen molar-refractivity contribution in [2.24, 2.45) is 17.8 Å². The van der Waals surface area contributed by atoms with Crippen LogP contribution < -0.4 is 0 Å². The van der Waals surface area contributed by atoms with E-state index in [1.165, 1.54) is 77.0 Å². The summed E-state index contributed by atoms with van der Waals surface area (Å²) in [6.45, 7) is 3.24. The van der Waals surface area contributed by atoms with E-state index in [4.69, 9.17) is 9.47 Å². The maximum Gasteiger partial charge on any atom is 0.157 e. The lowest BCUT2D eigenvalue weighted by atomic mass is 9.70. The summed E-state index contributed by atoms with van der Waals surface area (Å²) < 4.78 is 11.9. The van der Waals surface area contributed by atoms with Gasteiger partial charge in [0.25, 0.3) is 0 Å². The summed E-state index contributed by atoms with van der Waals surface area (Å²) in [6.07, 6.45) is 18.4. The first-order chi connectivity index (χ1) is 10.8. The Morgan fingerprint density at radius 3 is 2.09 bits per heavy atom. The summed E-state index contributed by atoms with van der Waals surface area (Å²) in [4.78, 5) is 0. The van der Waals surface area contributed by atoms with Crippen molar-refractivity contribution < 1.29 is 9.47 Å². The lowest BCUT2D eigenvalue weighted by Gasteiger charge is -2.38. The molecule has 0 N–H and O–H groups in total. The standard InChI is InChI=1S/C20H36O2/c1-2-5-16-7-9-17(10-8-16)18-11-13-19(14-12-18)22-20-6-3-4-15-21-20/h16-20H,2-15H2,1H3. The molecule has 2 heteroatoms. The van der Waals surface area contributed by atoms with Crippen molar-refractivity contribution in [1.29, 1.82) is 0 Å². The average molecular weight is 309 g/mol. The second kappa shape index (κ2) is 8.68. The summed E-state index contributed by atoms with van der Waals surface area (Å²) in [7, 11) is 0. The molecule has 128 valence electrons. The van der Waals surface area contributed by atoms with Crippen molar-refractivity contribution in [3.05, 3.63) is 0 Å². The Hall–Kier alpha value is -0.0800. The number of ether oxygens (including phenoxy) is 2. The van der Waals surface area contributed by atoms with E-state index in [1.54, 1.807) is 0 Å². The van der Waals surface area contributed by atoms with Crippen molar-refractivity contribution in [3.63, 3.8) is 0 Å². The van der Waals surface area contributed by atoms with Crippen molar-refractivity contribution >= 4 is 0 Å². The van der Waals surface area contributed by atoms with E-state index in [-0.39, 0.29) is 6.29 Å². The van der Waals surface area contributed by atoms with Crippen LogP contribution in [0.5, 0.6) is 0 Å². The topological polar surface area (TPSA) is 18.5 Å². The van der Waals surface area contributed by atoms with Crippen LogP contribution in [0.25, 0.3) is 0 Å². The van der Waals surface area contributed by atoms with Gasteiger partial charge in [-0.25, -0.2) is 0 Å². The Bertz CT molecular complexity index is 295. The van der Waals surface area contributed by atoms with E-state index < -0.39 is 0 Å². The first-order valence-electron chi connectivity index (χ1n) is 10.1. The molecule has 1 heterocycles. The molecule has 0 spiro atoms. The molecule has 0 aromatic heterocycles. The minimum absolute atomic E-state index is 0.111. The Morgan fingerprint density at radius 1 is 0.818 bits per heavy atom. The van der Waals surface area contributed by atoms with Crippen LogP contribution >= 0.6 is 0 Å². The number of rotatable bonds is 5. The van der Waals surface area contributed by atoms with Crippen LogP contribution in [0, 0.1) is 17.8 Å². The molecule has 3 aliphatic rings. The van der Waals surface area contributed by atoms with Gasteiger partial charge in [-0.1, -0.05) is 32.6 Å². The molecule has 2 saturated carbocycles. The van der Waals surface area contributed by atoms with E-state index in [1.807, 2.05) is 0 Å². The number of hydrogen-bond donors (Lipinski definition) is 0. The lowest BCUT2D eigenvalue weighted by molar-refractivity contribution is -0.195. The molecule has 1 aliphatic heterocycles. The fourth-order valence-electron chi connectivity index (χ4n) is 5.09. The van der Waals surface area contributed by atoms with Gasteiger partial charge in [-0.3, -0.25) is 0 Å². The minimum atomic E-state index is 0.111. The van der Waals surface area contributed by atoms with Crippen LogP contribution in [0.2, 0.25) is 0 Å². The zero-order valence-electron chi connectivity index (χ0n) is 14.6. The second-order valence-corrected chi connectivity index (χ2v) is 8.04. The Balaban J connectivity index is 1.35. The highest BCUT2D eigenvalue weighted by atomic mass is 16.7. The number of hydrogen-bond acceptors (Lipinski definition) is 2. The van der Waals surface area contributed by atoms with E-state index in [0.29, 0.717) is 6.10 Å². The molecule has 0 aromatic rings. The van der Waals surface area contributed by atoms with E-state index in [9.17, 15) is 0 Å². The largest absolute Gasteiger partial charge is 0.353 e. The molecular formula is C20H36O2. The molecule has 2 aliphatic carbocycles. The van der Waals surface area contributed by atoms with E-state index in [0.717, 1.165) is 30.8 Å². The normalized spacial score (nSPS) is 40.5. The van der Waals surface area contributed by atoms with Crippen LogP contribution in [0.4, 0.5) is 0 Å². The van der Waals surface area contributed by atoms with Crippen molar-refractivity contribution in [1.82, 2.24) is 0 Å². The quantitative estimate of drug-likeness (QED) is 0.649. The molecular weight excluding hydrogens is 272 g/mol. The molecule has 22 heavy (non-hydrogen) atoms. The molecule has 0 aromatic carbocycles. The summed E-state index contributed by atoms with van der Waals surface area (Å²) in [5.74, 6) is 3.07. The lowest BCUT2D eigenvalue weighted by Crippen LogP contribution is -2.32. The highest BCUT2D eigenvalue weighted by molar-refractivity contribution is 4.82. The molecule has 3 fully saturated rings. The average Bonchev–Trinajstić information content (AvgIpc) is 2.58. The molecule has 1 saturated heterocycles. The Kier molecular flexibility index (Phi) is 6.62.